The number of aliphatic hydroxyl groups is 1. The van der Waals surface area contributed by atoms with E-state index in [1.54, 1.807) is 0 Å². The van der Waals surface area contributed by atoms with Gasteiger partial charge in [-0.2, -0.15) is 13.2 Å². The highest BCUT2D eigenvalue weighted by Gasteiger charge is 2.32. The average molecular weight is 370 g/mol. The molecule has 1 unspecified atom stereocenters. The monoisotopic (exact) mass is 370 g/mol. The van der Waals surface area contributed by atoms with Gasteiger partial charge in [0.1, 0.15) is 12.0 Å². The molecule has 0 radical (unpaired) electrons. The number of rotatable bonds is 4. The van der Waals surface area contributed by atoms with E-state index in [1.807, 2.05) is 0 Å². The Morgan fingerprint density at radius 2 is 2.23 bits per heavy atom. The van der Waals surface area contributed by atoms with Crippen molar-refractivity contribution in [1.82, 2.24) is 9.88 Å². The van der Waals surface area contributed by atoms with Gasteiger partial charge in [-0.25, -0.2) is 4.98 Å². The number of ether oxygens (including phenoxy) is 1. The van der Waals surface area contributed by atoms with Crippen LogP contribution >= 0.6 is 0 Å². The number of β-amino-alcohol motifs (C(OH)–C–C–N with tert-alkyl or cyclic N) is 1. The third-order valence-electron chi connectivity index (χ3n) is 4.09. The highest BCUT2D eigenvalue weighted by Crippen LogP contribution is 2.33. The van der Waals surface area contributed by atoms with E-state index >= 15 is 0 Å². The van der Waals surface area contributed by atoms with Crippen molar-refractivity contribution in [2.24, 2.45) is 0 Å². The van der Waals surface area contributed by atoms with Crippen LogP contribution in [0.2, 0.25) is 0 Å². The summed E-state index contributed by atoms with van der Waals surface area (Å²) in [5.41, 5.74) is -0.575. The van der Waals surface area contributed by atoms with Crippen molar-refractivity contribution in [2.75, 3.05) is 13.1 Å². The maximum Gasteiger partial charge on any atom is 0.416 e. The molecule has 2 aromatic rings. The Bertz CT molecular complexity index is 804. The van der Waals surface area contributed by atoms with Crippen LogP contribution in [0, 0.1) is 6.92 Å². The van der Waals surface area contributed by atoms with Gasteiger partial charge in [0.15, 0.2) is 12.3 Å². The summed E-state index contributed by atoms with van der Waals surface area (Å²) in [5.74, 6) is 0.0248. The average Bonchev–Trinajstić information content (AvgIpc) is 3.20. The van der Waals surface area contributed by atoms with E-state index in [4.69, 9.17) is 9.15 Å². The molecule has 2 heterocycles. The number of amides is 1. The van der Waals surface area contributed by atoms with Gasteiger partial charge < -0.3 is 19.2 Å². The Kier molecular flexibility index (Phi) is 4.90. The SMILES string of the molecule is Cc1cc(OCc2nc(C(=O)N3CCC(O)C3)co2)ccc1C(F)(F)F. The lowest BCUT2D eigenvalue weighted by molar-refractivity contribution is -0.138. The van der Waals surface area contributed by atoms with Crippen molar-refractivity contribution in [2.45, 2.75) is 32.2 Å². The summed E-state index contributed by atoms with van der Waals surface area (Å²) < 4.78 is 48.8. The molecule has 140 valence electrons. The fourth-order valence-electron chi connectivity index (χ4n) is 2.75. The maximum absolute atomic E-state index is 12.7. The van der Waals surface area contributed by atoms with Gasteiger partial charge in [0.2, 0.25) is 5.89 Å². The predicted octanol–water partition coefficient (Wildman–Crippen LogP) is 2.79. The molecule has 1 amide bonds. The minimum absolute atomic E-state index is 0.0471. The Balaban J connectivity index is 1.61. The molecular formula is C17H17F3N2O4. The molecule has 26 heavy (non-hydrogen) atoms. The second-order valence-electron chi connectivity index (χ2n) is 6.08. The van der Waals surface area contributed by atoms with Gasteiger partial charge in [-0.15, -0.1) is 0 Å². The molecule has 1 aliphatic rings. The van der Waals surface area contributed by atoms with E-state index in [0.717, 1.165) is 6.07 Å². The minimum atomic E-state index is -4.41. The molecule has 1 atom stereocenters. The van der Waals surface area contributed by atoms with Crippen LogP contribution in [0.4, 0.5) is 13.2 Å². The standard InChI is InChI=1S/C17H17F3N2O4/c1-10-6-12(2-3-13(10)17(18,19)20)25-9-15-21-14(8-26-15)16(24)22-5-4-11(23)7-22/h2-3,6,8,11,23H,4-5,7,9H2,1H3. The van der Waals surface area contributed by atoms with Crippen molar-refractivity contribution in [1.29, 1.82) is 0 Å². The number of alkyl halides is 3. The van der Waals surface area contributed by atoms with E-state index in [-0.39, 0.29) is 42.0 Å². The third-order valence-corrected chi connectivity index (χ3v) is 4.09. The predicted molar refractivity (Wildman–Crippen MR) is 83.5 cm³/mol. The van der Waals surface area contributed by atoms with Crippen molar-refractivity contribution in [3.8, 4) is 5.75 Å². The molecule has 1 aliphatic heterocycles. The van der Waals surface area contributed by atoms with Crippen molar-refractivity contribution < 1.29 is 32.2 Å². The molecule has 0 spiro atoms. The van der Waals surface area contributed by atoms with E-state index in [0.29, 0.717) is 13.0 Å². The first-order valence-electron chi connectivity index (χ1n) is 7.96. The molecule has 1 N–H and O–H groups in total. The summed E-state index contributed by atoms with van der Waals surface area (Å²) in [6.45, 7) is 1.93. The molecule has 0 saturated carbocycles. The minimum Gasteiger partial charge on any atom is -0.484 e. The first-order valence-corrected chi connectivity index (χ1v) is 7.96. The lowest BCUT2D eigenvalue weighted by Gasteiger charge is -2.13. The topological polar surface area (TPSA) is 75.8 Å². The number of aliphatic hydroxyl groups excluding tert-OH is 1. The number of likely N-dealkylation sites (tertiary alicyclic amines) is 1. The largest absolute Gasteiger partial charge is 0.484 e. The Hall–Kier alpha value is -2.55. The van der Waals surface area contributed by atoms with Gasteiger partial charge in [0.05, 0.1) is 11.7 Å². The van der Waals surface area contributed by atoms with Crippen LogP contribution in [0.25, 0.3) is 0 Å². The lowest BCUT2D eigenvalue weighted by Crippen LogP contribution is -2.29. The zero-order valence-electron chi connectivity index (χ0n) is 13.9. The van der Waals surface area contributed by atoms with Gasteiger partial charge in [0.25, 0.3) is 5.91 Å². The van der Waals surface area contributed by atoms with Crippen LogP contribution in [-0.4, -0.2) is 40.1 Å². The summed E-state index contributed by atoms with van der Waals surface area (Å²) in [4.78, 5) is 17.7. The van der Waals surface area contributed by atoms with E-state index in [2.05, 4.69) is 4.98 Å². The van der Waals surface area contributed by atoms with Crippen LogP contribution < -0.4 is 4.74 Å². The molecule has 0 aliphatic carbocycles. The molecular weight excluding hydrogens is 353 g/mol. The van der Waals surface area contributed by atoms with Crippen LogP contribution in [0.3, 0.4) is 0 Å². The summed E-state index contributed by atoms with van der Waals surface area (Å²) in [5, 5.41) is 9.47. The number of halogens is 3. The van der Waals surface area contributed by atoms with Crippen LogP contribution in [-0.2, 0) is 12.8 Å². The number of carbonyl (C=O) groups excluding carboxylic acids is 1. The van der Waals surface area contributed by atoms with E-state index in [9.17, 15) is 23.1 Å². The van der Waals surface area contributed by atoms with Gasteiger partial charge in [-0.05, 0) is 37.1 Å². The molecule has 1 saturated heterocycles. The van der Waals surface area contributed by atoms with Crippen molar-refractivity contribution in [3.63, 3.8) is 0 Å². The second kappa shape index (κ2) is 6.99. The Morgan fingerprint density at radius 1 is 1.46 bits per heavy atom. The number of hydrogen-bond acceptors (Lipinski definition) is 5. The van der Waals surface area contributed by atoms with Crippen molar-refractivity contribution in [3.05, 3.63) is 47.2 Å². The number of hydrogen-bond donors (Lipinski definition) is 1. The number of oxazole rings is 1. The Labute approximate surface area is 147 Å². The molecule has 0 bridgehead atoms. The number of nitrogens with zero attached hydrogens (tertiary/aromatic N) is 2. The number of aromatic nitrogens is 1. The van der Waals surface area contributed by atoms with Crippen LogP contribution in [0.1, 0.15) is 33.9 Å². The van der Waals surface area contributed by atoms with Gasteiger partial charge in [-0.1, -0.05) is 0 Å². The third kappa shape index (κ3) is 3.98. The van der Waals surface area contributed by atoms with Gasteiger partial charge >= 0.3 is 6.18 Å². The summed E-state index contributed by atoms with van der Waals surface area (Å²) in [7, 11) is 0. The van der Waals surface area contributed by atoms with E-state index < -0.39 is 17.8 Å². The number of benzene rings is 1. The number of carbonyl (C=O) groups is 1. The van der Waals surface area contributed by atoms with Gasteiger partial charge in [0, 0.05) is 13.1 Å². The van der Waals surface area contributed by atoms with Crippen LogP contribution in [0.5, 0.6) is 5.75 Å². The second-order valence-corrected chi connectivity index (χ2v) is 6.08. The highest BCUT2D eigenvalue weighted by atomic mass is 19.4. The van der Waals surface area contributed by atoms with Crippen LogP contribution in [0.15, 0.2) is 28.9 Å². The zero-order chi connectivity index (χ0) is 18.9. The maximum atomic E-state index is 12.7. The summed E-state index contributed by atoms with van der Waals surface area (Å²) >= 11 is 0. The number of aryl methyl sites for hydroxylation is 1. The molecule has 1 aromatic heterocycles. The first-order chi connectivity index (χ1) is 12.2. The van der Waals surface area contributed by atoms with Crippen molar-refractivity contribution >= 4 is 5.91 Å². The molecule has 1 fully saturated rings. The normalized spacial score (nSPS) is 17.6. The van der Waals surface area contributed by atoms with Gasteiger partial charge in [-0.3, -0.25) is 4.79 Å². The Morgan fingerprint density at radius 3 is 2.85 bits per heavy atom. The zero-order valence-corrected chi connectivity index (χ0v) is 13.9. The first kappa shape index (κ1) is 18.2. The molecule has 9 heteroatoms. The highest BCUT2D eigenvalue weighted by molar-refractivity contribution is 5.92. The lowest BCUT2D eigenvalue weighted by atomic mass is 10.1. The van der Waals surface area contributed by atoms with E-state index in [1.165, 1.54) is 30.2 Å². The summed E-state index contributed by atoms with van der Waals surface area (Å²) in [6, 6.07) is 3.45. The fraction of sp³-hybridized carbons (Fsp3) is 0.412. The molecule has 6 nitrogen and oxygen atoms in total. The smallest absolute Gasteiger partial charge is 0.416 e. The quantitative estimate of drug-likeness (QED) is 0.896. The summed E-state index contributed by atoms with van der Waals surface area (Å²) in [6.07, 6.45) is -3.23. The molecule has 1 aromatic carbocycles. The fourth-order valence-corrected chi connectivity index (χ4v) is 2.75. The molecule has 3 rings (SSSR count).